The highest BCUT2D eigenvalue weighted by molar-refractivity contribution is 7.12. The molecule has 0 radical (unpaired) electrons. The third-order valence-electron chi connectivity index (χ3n) is 3.09. The van der Waals surface area contributed by atoms with E-state index >= 15 is 0 Å². The number of amides is 1. The van der Waals surface area contributed by atoms with E-state index in [9.17, 15) is 9.59 Å². The van der Waals surface area contributed by atoms with Crippen molar-refractivity contribution in [3.8, 4) is 11.1 Å². The average molecular weight is 303 g/mol. The minimum absolute atomic E-state index is 0.0518. The number of carbonyl (C=O) groups is 2. The molecular formula is C16H17NO3S. The van der Waals surface area contributed by atoms with Crippen LogP contribution in [0.15, 0.2) is 41.8 Å². The maximum atomic E-state index is 12.2. The number of benzene rings is 1. The molecule has 4 nitrogen and oxygen atoms in total. The summed E-state index contributed by atoms with van der Waals surface area (Å²) >= 11 is 1.39. The number of aliphatic carboxylic acids is 1. The van der Waals surface area contributed by atoms with Gasteiger partial charge >= 0.3 is 5.97 Å². The maximum Gasteiger partial charge on any atom is 0.303 e. The maximum absolute atomic E-state index is 12.2. The predicted molar refractivity (Wildman–Crippen MR) is 83.5 cm³/mol. The molecule has 110 valence electrons. The van der Waals surface area contributed by atoms with E-state index in [1.807, 2.05) is 41.8 Å². The zero-order valence-electron chi connectivity index (χ0n) is 11.7. The van der Waals surface area contributed by atoms with Crippen molar-refractivity contribution in [2.75, 3.05) is 6.54 Å². The van der Waals surface area contributed by atoms with Crippen LogP contribution in [0.3, 0.4) is 0 Å². The van der Waals surface area contributed by atoms with Gasteiger partial charge in [-0.1, -0.05) is 37.3 Å². The van der Waals surface area contributed by atoms with Gasteiger partial charge in [0.1, 0.15) is 0 Å². The minimum atomic E-state index is -0.849. The number of carbonyl (C=O) groups excluding carboxylic acids is 1. The van der Waals surface area contributed by atoms with Crippen molar-refractivity contribution in [3.05, 3.63) is 46.7 Å². The summed E-state index contributed by atoms with van der Waals surface area (Å²) in [6.45, 7) is 2.16. The third kappa shape index (κ3) is 4.16. The molecule has 0 aliphatic heterocycles. The van der Waals surface area contributed by atoms with Crippen molar-refractivity contribution >= 4 is 23.2 Å². The molecule has 0 spiro atoms. The molecule has 5 heteroatoms. The topological polar surface area (TPSA) is 66.4 Å². The number of carboxylic acid groups (broad SMARTS) is 1. The Morgan fingerprint density at radius 2 is 1.95 bits per heavy atom. The van der Waals surface area contributed by atoms with E-state index in [-0.39, 0.29) is 18.2 Å². The van der Waals surface area contributed by atoms with Crippen LogP contribution in [0.5, 0.6) is 0 Å². The minimum Gasteiger partial charge on any atom is -0.481 e. The Morgan fingerprint density at radius 1 is 1.24 bits per heavy atom. The Balaban J connectivity index is 2.04. The molecule has 1 heterocycles. The largest absolute Gasteiger partial charge is 0.481 e. The number of rotatable bonds is 6. The standard InChI is InChI=1S/C16H17NO3S/c1-11(9-14(18)19)10-17-16(20)15-13(7-8-21-15)12-5-3-2-4-6-12/h2-8,11H,9-10H2,1H3,(H,17,20)(H,18,19). The number of thiophene rings is 1. The lowest BCUT2D eigenvalue weighted by molar-refractivity contribution is -0.137. The first-order valence-electron chi connectivity index (χ1n) is 6.71. The van der Waals surface area contributed by atoms with Crippen molar-refractivity contribution in [3.63, 3.8) is 0 Å². The van der Waals surface area contributed by atoms with Gasteiger partial charge in [0.25, 0.3) is 5.91 Å². The summed E-state index contributed by atoms with van der Waals surface area (Å²) in [7, 11) is 0. The van der Waals surface area contributed by atoms with Crippen LogP contribution in [0.4, 0.5) is 0 Å². The molecule has 1 unspecified atom stereocenters. The van der Waals surface area contributed by atoms with Gasteiger partial charge in [0, 0.05) is 18.5 Å². The average Bonchev–Trinajstić information content (AvgIpc) is 2.94. The van der Waals surface area contributed by atoms with Crippen molar-refractivity contribution in [2.24, 2.45) is 5.92 Å². The summed E-state index contributed by atoms with van der Waals surface area (Å²) in [5.41, 5.74) is 1.91. The first-order chi connectivity index (χ1) is 10.1. The molecule has 0 bridgehead atoms. The van der Waals surface area contributed by atoms with Crippen LogP contribution >= 0.6 is 11.3 Å². The van der Waals surface area contributed by atoms with Gasteiger partial charge in [0.15, 0.2) is 0 Å². The molecule has 21 heavy (non-hydrogen) atoms. The first kappa shape index (κ1) is 15.3. The zero-order valence-corrected chi connectivity index (χ0v) is 12.5. The Bertz CT molecular complexity index is 621. The molecule has 1 aromatic heterocycles. The van der Waals surface area contributed by atoms with Crippen LogP contribution < -0.4 is 5.32 Å². The van der Waals surface area contributed by atoms with Crippen LogP contribution in [-0.4, -0.2) is 23.5 Å². The fourth-order valence-electron chi connectivity index (χ4n) is 2.05. The number of hydrogen-bond acceptors (Lipinski definition) is 3. The Morgan fingerprint density at radius 3 is 2.62 bits per heavy atom. The number of hydrogen-bond donors (Lipinski definition) is 2. The summed E-state index contributed by atoms with van der Waals surface area (Å²) in [5.74, 6) is -1.09. The molecular weight excluding hydrogens is 286 g/mol. The monoisotopic (exact) mass is 303 g/mol. The Labute approximate surface area is 127 Å². The second-order valence-electron chi connectivity index (χ2n) is 4.94. The molecule has 0 fully saturated rings. The first-order valence-corrected chi connectivity index (χ1v) is 7.58. The molecule has 0 saturated carbocycles. The van der Waals surface area contributed by atoms with Gasteiger partial charge < -0.3 is 10.4 Å². The van der Waals surface area contributed by atoms with E-state index in [1.54, 1.807) is 6.92 Å². The summed E-state index contributed by atoms with van der Waals surface area (Å²) in [6.07, 6.45) is 0.0518. The van der Waals surface area contributed by atoms with Crippen LogP contribution in [-0.2, 0) is 4.79 Å². The van der Waals surface area contributed by atoms with Crippen LogP contribution in [0.1, 0.15) is 23.0 Å². The lowest BCUT2D eigenvalue weighted by Crippen LogP contribution is -2.28. The van der Waals surface area contributed by atoms with Crippen LogP contribution in [0.2, 0.25) is 0 Å². The number of carboxylic acids is 1. The van der Waals surface area contributed by atoms with Gasteiger partial charge in [-0.05, 0) is 22.9 Å². The van der Waals surface area contributed by atoms with Crippen molar-refractivity contribution < 1.29 is 14.7 Å². The smallest absolute Gasteiger partial charge is 0.303 e. The van der Waals surface area contributed by atoms with Crippen molar-refractivity contribution in [2.45, 2.75) is 13.3 Å². The quantitative estimate of drug-likeness (QED) is 0.861. The summed E-state index contributed by atoms with van der Waals surface area (Å²) in [4.78, 5) is 23.5. The normalized spacial score (nSPS) is 11.9. The fourth-order valence-corrected chi connectivity index (χ4v) is 2.88. The van der Waals surface area contributed by atoms with Gasteiger partial charge in [-0.3, -0.25) is 9.59 Å². The van der Waals surface area contributed by atoms with E-state index in [0.29, 0.717) is 11.4 Å². The second kappa shape index (κ2) is 7.04. The van der Waals surface area contributed by atoms with E-state index in [4.69, 9.17) is 5.11 Å². The molecule has 2 N–H and O–H groups in total. The summed E-state index contributed by atoms with van der Waals surface area (Å²) < 4.78 is 0. The molecule has 1 aromatic carbocycles. The molecule has 0 aliphatic rings. The molecule has 2 rings (SSSR count). The summed E-state index contributed by atoms with van der Waals surface area (Å²) in [6, 6.07) is 11.7. The molecule has 1 amide bonds. The van der Waals surface area contributed by atoms with Gasteiger partial charge in [0.05, 0.1) is 4.88 Å². The highest BCUT2D eigenvalue weighted by Gasteiger charge is 2.15. The van der Waals surface area contributed by atoms with E-state index in [2.05, 4.69) is 5.32 Å². The van der Waals surface area contributed by atoms with Gasteiger partial charge in [-0.25, -0.2) is 0 Å². The van der Waals surface area contributed by atoms with Crippen molar-refractivity contribution in [1.29, 1.82) is 0 Å². The Kier molecular flexibility index (Phi) is 5.11. The lowest BCUT2D eigenvalue weighted by Gasteiger charge is -2.10. The third-order valence-corrected chi connectivity index (χ3v) is 4.00. The molecule has 0 saturated heterocycles. The zero-order chi connectivity index (χ0) is 15.2. The predicted octanol–water partition coefficient (Wildman–Crippen LogP) is 3.26. The van der Waals surface area contributed by atoms with Crippen molar-refractivity contribution in [1.82, 2.24) is 5.32 Å². The van der Waals surface area contributed by atoms with Gasteiger partial charge in [0.2, 0.25) is 0 Å². The van der Waals surface area contributed by atoms with Gasteiger partial charge in [-0.15, -0.1) is 11.3 Å². The van der Waals surface area contributed by atoms with E-state index in [1.165, 1.54) is 11.3 Å². The van der Waals surface area contributed by atoms with E-state index in [0.717, 1.165) is 11.1 Å². The van der Waals surface area contributed by atoms with Crippen LogP contribution in [0.25, 0.3) is 11.1 Å². The molecule has 2 aromatic rings. The second-order valence-corrected chi connectivity index (χ2v) is 5.86. The number of nitrogens with one attached hydrogen (secondary N) is 1. The molecule has 1 atom stereocenters. The molecule has 0 aliphatic carbocycles. The highest BCUT2D eigenvalue weighted by Crippen LogP contribution is 2.28. The fraction of sp³-hybridized carbons (Fsp3) is 0.250. The Hall–Kier alpha value is -2.14. The van der Waals surface area contributed by atoms with Gasteiger partial charge in [-0.2, -0.15) is 0 Å². The van der Waals surface area contributed by atoms with E-state index < -0.39 is 5.97 Å². The highest BCUT2D eigenvalue weighted by atomic mass is 32.1. The lowest BCUT2D eigenvalue weighted by atomic mass is 10.1. The SMILES string of the molecule is CC(CNC(=O)c1sccc1-c1ccccc1)CC(=O)O. The summed E-state index contributed by atoms with van der Waals surface area (Å²) in [5, 5.41) is 13.4. The van der Waals surface area contributed by atoms with Crippen LogP contribution in [0, 0.1) is 5.92 Å².